The van der Waals surface area contributed by atoms with Gasteiger partial charge in [0.05, 0.1) is 25.1 Å². The number of anilines is 1. The van der Waals surface area contributed by atoms with E-state index < -0.39 is 12.0 Å². The fourth-order valence-electron chi connectivity index (χ4n) is 3.20. The summed E-state index contributed by atoms with van der Waals surface area (Å²) >= 11 is 0. The third-order valence-corrected chi connectivity index (χ3v) is 4.85. The fourth-order valence-corrected chi connectivity index (χ4v) is 3.20. The normalized spacial score (nSPS) is 11.3. The molecule has 0 aliphatic carbocycles. The number of esters is 1. The predicted octanol–water partition coefficient (Wildman–Crippen LogP) is 4.28. The summed E-state index contributed by atoms with van der Waals surface area (Å²) in [5.41, 5.74) is 3.10. The predicted molar refractivity (Wildman–Crippen MR) is 119 cm³/mol. The van der Waals surface area contributed by atoms with Crippen LogP contribution in [0.2, 0.25) is 0 Å². The van der Waals surface area contributed by atoms with Crippen LogP contribution in [0.25, 0.3) is 0 Å². The van der Waals surface area contributed by atoms with Crippen LogP contribution in [0.3, 0.4) is 0 Å². The van der Waals surface area contributed by atoms with Gasteiger partial charge in [-0.1, -0.05) is 48.5 Å². The molecule has 0 aliphatic rings. The van der Waals surface area contributed by atoms with E-state index in [0.29, 0.717) is 16.8 Å². The van der Waals surface area contributed by atoms with Crippen molar-refractivity contribution in [3.8, 4) is 0 Å². The Bertz CT molecular complexity index is 1070. The molecule has 3 aromatic carbocycles. The summed E-state index contributed by atoms with van der Waals surface area (Å²) < 4.78 is 4.72. The maximum absolute atomic E-state index is 12.8. The molecule has 2 amide bonds. The molecule has 0 radical (unpaired) electrons. The molecule has 0 saturated heterocycles. The van der Waals surface area contributed by atoms with E-state index in [0.717, 1.165) is 11.1 Å². The summed E-state index contributed by atoms with van der Waals surface area (Å²) in [4.78, 5) is 37.1. The summed E-state index contributed by atoms with van der Waals surface area (Å²) in [6.07, 6.45) is 0.0563. The standard InChI is InChI=1S/C25H24N2O4/c1-17-15-20(25(30)31-2)13-14-21(17)26-23(28)16-22(18-9-5-3-6-10-18)27-24(29)19-11-7-4-8-12-19/h3-15,22H,16H2,1-2H3,(H,26,28)(H,27,29). The van der Waals surface area contributed by atoms with Crippen molar-refractivity contribution in [2.24, 2.45) is 0 Å². The highest BCUT2D eigenvalue weighted by molar-refractivity contribution is 5.96. The molecule has 31 heavy (non-hydrogen) atoms. The van der Waals surface area contributed by atoms with Crippen molar-refractivity contribution >= 4 is 23.5 Å². The number of rotatable bonds is 7. The third kappa shape index (κ3) is 5.79. The summed E-state index contributed by atoms with van der Waals surface area (Å²) in [5.74, 6) is -0.939. The molecule has 6 heteroatoms. The van der Waals surface area contributed by atoms with Gasteiger partial charge in [0.2, 0.25) is 5.91 Å². The molecule has 3 rings (SSSR count). The van der Waals surface area contributed by atoms with Gasteiger partial charge in [0.25, 0.3) is 5.91 Å². The lowest BCUT2D eigenvalue weighted by atomic mass is 10.0. The first-order valence-electron chi connectivity index (χ1n) is 9.87. The van der Waals surface area contributed by atoms with Crippen molar-refractivity contribution in [1.82, 2.24) is 5.32 Å². The van der Waals surface area contributed by atoms with E-state index in [1.165, 1.54) is 7.11 Å². The lowest BCUT2D eigenvalue weighted by Crippen LogP contribution is -2.31. The van der Waals surface area contributed by atoms with E-state index in [9.17, 15) is 14.4 Å². The first-order chi connectivity index (χ1) is 15.0. The van der Waals surface area contributed by atoms with E-state index in [1.54, 1.807) is 49.4 Å². The number of hydrogen-bond acceptors (Lipinski definition) is 4. The molecule has 0 fully saturated rings. The van der Waals surface area contributed by atoms with Gasteiger partial charge in [-0.3, -0.25) is 9.59 Å². The van der Waals surface area contributed by atoms with Gasteiger partial charge in [-0.2, -0.15) is 0 Å². The second-order valence-electron chi connectivity index (χ2n) is 7.08. The Kier molecular flexibility index (Phi) is 7.17. The summed E-state index contributed by atoms with van der Waals surface area (Å²) in [6, 6.07) is 22.7. The van der Waals surface area contributed by atoms with Crippen molar-refractivity contribution in [3.63, 3.8) is 0 Å². The number of aryl methyl sites for hydroxylation is 1. The van der Waals surface area contributed by atoms with Crippen LogP contribution in [0.5, 0.6) is 0 Å². The van der Waals surface area contributed by atoms with Gasteiger partial charge in [-0.15, -0.1) is 0 Å². The van der Waals surface area contributed by atoms with Crippen LogP contribution in [0.15, 0.2) is 78.9 Å². The minimum atomic E-state index is -0.497. The van der Waals surface area contributed by atoms with Crippen LogP contribution < -0.4 is 10.6 Å². The molecular weight excluding hydrogens is 392 g/mol. The Morgan fingerprint density at radius 2 is 1.52 bits per heavy atom. The number of amides is 2. The lowest BCUT2D eigenvalue weighted by molar-refractivity contribution is -0.116. The van der Waals surface area contributed by atoms with Crippen LogP contribution in [0.4, 0.5) is 5.69 Å². The van der Waals surface area contributed by atoms with Crippen LogP contribution in [0, 0.1) is 6.92 Å². The largest absolute Gasteiger partial charge is 0.465 e. The molecule has 0 bridgehead atoms. The van der Waals surface area contributed by atoms with Gasteiger partial charge in [-0.25, -0.2) is 4.79 Å². The first kappa shape index (κ1) is 21.8. The van der Waals surface area contributed by atoms with Gasteiger partial charge in [0, 0.05) is 11.3 Å². The zero-order valence-corrected chi connectivity index (χ0v) is 17.4. The molecule has 1 unspecified atom stereocenters. The Hall–Kier alpha value is -3.93. The molecular formula is C25H24N2O4. The van der Waals surface area contributed by atoms with Crippen LogP contribution in [-0.2, 0) is 9.53 Å². The topological polar surface area (TPSA) is 84.5 Å². The van der Waals surface area contributed by atoms with Crippen LogP contribution in [0.1, 0.15) is 44.3 Å². The Balaban J connectivity index is 1.74. The Labute approximate surface area is 181 Å². The molecule has 0 aromatic heterocycles. The molecule has 0 spiro atoms. The third-order valence-electron chi connectivity index (χ3n) is 4.85. The van der Waals surface area contributed by atoms with Crippen molar-refractivity contribution in [3.05, 3.63) is 101 Å². The average molecular weight is 416 g/mol. The molecule has 3 aromatic rings. The molecule has 0 saturated carbocycles. The Morgan fingerprint density at radius 3 is 2.13 bits per heavy atom. The van der Waals surface area contributed by atoms with Crippen LogP contribution >= 0.6 is 0 Å². The summed E-state index contributed by atoms with van der Waals surface area (Å²) in [7, 11) is 1.32. The maximum atomic E-state index is 12.8. The molecule has 158 valence electrons. The fraction of sp³-hybridized carbons (Fsp3) is 0.160. The van der Waals surface area contributed by atoms with E-state index >= 15 is 0 Å². The second-order valence-corrected chi connectivity index (χ2v) is 7.08. The minimum absolute atomic E-state index is 0.0563. The average Bonchev–Trinajstić information content (AvgIpc) is 2.80. The van der Waals surface area contributed by atoms with Gasteiger partial charge in [0.15, 0.2) is 0 Å². The van der Waals surface area contributed by atoms with Crippen molar-refractivity contribution in [1.29, 1.82) is 0 Å². The van der Waals surface area contributed by atoms with Crippen molar-refractivity contribution < 1.29 is 19.1 Å². The van der Waals surface area contributed by atoms with Gasteiger partial charge in [0.1, 0.15) is 0 Å². The molecule has 1 atom stereocenters. The van der Waals surface area contributed by atoms with Gasteiger partial charge < -0.3 is 15.4 Å². The number of nitrogens with one attached hydrogen (secondary N) is 2. The Morgan fingerprint density at radius 1 is 0.871 bits per heavy atom. The number of ether oxygens (including phenoxy) is 1. The minimum Gasteiger partial charge on any atom is -0.465 e. The smallest absolute Gasteiger partial charge is 0.337 e. The molecule has 0 aliphatic heterocycles. The highest BCUT2D eigenvalue weighted by atomic mass is 16.5. The number of carbonyl (C=O) groups is 3. The highest BCUT2D eigenvalue weighted by Crippen LogP contribution is 2.21. The molecule has 6 nitrogen and oxygen atoms in total. The van der Waals surface area contributed by atoms with E-state index in [2.05, 4.69) is 10.6 Å². The van der Waals surface area contributed by atoms with Crippen molar-refractivity contribution in [2.75, 3.05) is 12.4 Å². The van der Waals surface area contributed by atoms with E-state index in [-0.39, 0.29) is 18.2 Å². The van der Waals surface area contributed by atoms with Crippen molar-refractivity contribution in [2.45, 2.75) is 19.4 Å². The van der Waals surface area contributed by atoms with Gasteiger partial charge >= 0.3 is 5.97 Å². The summed E-state index contributed by atoms with van der Waals surface area (Å²) in [5, 5.41) is 5.82. The lowest BCUT2D eigenvalue weighted by Gasteiger charge is -2.19. The quantitative estimate of drug-likeness (QED) is 0.563. The number of hydrogen-bond donors (Lipinski definition) is 2. The number of carbonyl (C=O) groups excluding carboxylic acids is 3. The number of benzene rings is 3. The molecule has 0 heterocycles. The van der Waals surface area contributed by atoms with E-state index in [4.69, 9.17) is 4.74 Å². The molecule has 2 N–H and O–H groups in total. The zero-order chi connectivity index (χ0) is 22.2. The summed E-state index contributed by atoms with van der Waals surface area (Å²) in [6.45, 7) is 1.80. The van der Waals surface area contributed by atoms with Crippen LogP contribution in [-0.4, -0.2) is 24.9 Å². The van der Waals surface area contributed by atoms with Gasteiger partial charge in [-0.05, 0) is 48.4 Å². The van der Waals surface area contributed by atoms with E-state index in [1.807, 2.05) is 36.4 Å². The second kappa shape index (κ2) is 10.2. The first-order valence-corrected chi connectivity index (χ1v) is 9.87. The highest BCUT2D eigenvalue weighted by Gasteiger charge is 2.20. The monoisotopic (exact) mass is 416 g/mol. The maximum Gasteiger partial charge on any atom is 0.337 e. The zero-order valence-electron chi connectivity index (χ0n) is 17.4. The SMILES string of the molecule is COC(=O)c1ccc(NC(=O)CC(NC(=O)c2ccccc2)c2ccccc2)c(C)c1. The number of methoxy groups -OCH3 is 1.